The molecule has 1 aliphatic carbocycles. The molecule has 3 aliphatic rings. The molecule has 9 nitrogen and oxygen atoms in total. The average molecular weight is 531 g/mol. The van der Waals surface area contributed by atoms with Gasteiger partial charge in [-0.1, -0.05) is 36.6 Å². The summed E-state index contributed by atoms with van der Waals surface area (Å²) >= 11 is 6.10. The smallest absolute Gasteiger partial charge is 0.475 e. The normalized spacial score (nSPS) is 22.3. The van der Waals surface area contributed by atoms with Crippen LogP contribution in [-0.4, -0.2) is 55.2 Å². The van der Waals surface area contributed by atoms with Crippen molar-refractivity contribution < 1.29 is 27.8 Å². The Morgan fingerprint density at radius 1 is 1.19 bits per heavy atom. The number of likely N-dealkylation sites (tertiary alicyclic amines) is 1. The number of rotatable bonds is 3. The van der Waals surface area contributed by atoms with Crippen LogP contribution in [0.1, 0.15) is 49.5 Å². The van der Waals surface area contributed by atoms with Gasteiger partial charge in [-0.2, -0.15) is 18.3 Å². The fraction of sp³-hybridized carbons (Fsp3) is 0.565. The third-order valence-electron chi connectivity index (χ3n) is 6.73. The molecule has 0 amide bonds. The molecular weight excluding hydrogens is 505 g/mol. The molecule has 0 bridgehead atoms. The van der Waals surface area contributed by atoms with Crippen LogP contribution in [0.15, 0.2) is 33.9 Å². The zero-order chi connectivity index (χ0) is 26.1. The first-order valence-electron chi connectivity index (χ1n) is 11.6. The summed E-state index contributed by atoms with van der Waals surface area (Å²) in [6.45, 7) is 3.05. The van der Waals surface area contributed by atoms with E-state index in [9.17, 15) is 22.8 Å². The van der Waals surface area contributed by atoms with Crippen LogP contribution in [0, 0.1) is 0 Å². The summed E-state index contributed by atoms with van der Waals surface area (Å²) in [7, 11) is 0. The highest BCUT2D eigenvalue weighted by Gasteiger charge is 2.43. The van der Waals surface area contributed by atoms with Crippen LogP contribution in [0.25, 0.3) is 0 Å². The van der Waals surface area contributed by atoms with Crippen molar-refractivity contribution in [1.29, 1.82) is 0 Å². The highest BCUT2D eigenvalue weighted by Crippen LogP contribution is 2.33. The lowest BCUT2D eigenvalue weighted by atomic mass is 10.0. The largest absolute Gasteiger partial charge is 0.490 e. The molecule has 1 aromatic carbocycles. The molecule has 5 rings (SSSR count). The van der Waals surface area contributed by atoms with E-state index in [0.717, 1.165) is 62.3 Å². The number of hydrogen-bond acceptors (Lipinski definition) is 6. The molecule has 2 aromatic rings. The van der Waals surface area contributed by atoms with Gasteiger partial charge in [-0.3, -0.25) is 19.1 Å². The summed E-state index contributed by atoms with van der Waals surface area (Å²) in [4.78, 5) is 36.7. The van der Waals surface area contributed by atoms with E-state index in [0.29, 0.717) is 12.4 Å². The van der Waals surface area contributed by atoms with Crippen LogP contribution in [0.4, 0.5) is 13.2 Å². The number of carbonyl (C=O) groups is 1. The third-order valence-corrected chi connectivity index (χ3v) is 6.96. The first-order chi connectivity index (χ1) is 17.0. The standard InChI is InChI=1S/C21H25ClN4O3.C2HF3O2/c22-16-5-3-4-15(10-16)11-24-9-8-21(13-24)14-25-18(12-29-21)23-26(20(28)19(25)27)17-6-1-2-7-17;3-2(4,5)1(6)7/h3-5,10,17H,1-2,6-9,11-14H2;(H,6,7). The number of aromatic nitrogens is 3. The van der Waals surface area contributed by atoms with Crippen molar-refractivity contribution in [1.82, 2.24) is 19.2 Å². The van der Waals surface area contributed by atoms with Crippen LogP contribution < -0.4 is 11.1 Å². The minimum atomic E-state index is -5.08. The molecule has 2 fully saturated rings. The van der Waals surface area contributed by atoms with E-state index in [-0.39, 0.29) is 12.6 Å². The van der Waals surface area contributed by atoms with Gasteiger partial charge in [0, 0.05) is 24.7 Å². The Labute approximate surface area is 209 Å². The lowest BCUT2D eigenvalue weighted by Gasteiger charge is -2.35. The van der Waals surface area contributed by atoms with E-state index in [2.05, 4.69) is 16.1 Å². The summed E-state index contributed by atoms with van der Waals surface area (Å²) < 4.78 is 41.0. The van der Waals surface area contributed by atoms with Crippen molar-refractivity contribution >= 4 is 17.6 Å². The van der Waals surface area contributed by atoms with Crippen LogP contribution >= 0.6 is 11.6 Å². The first-order valence-corrected chi connectivity index (χ1v) is 12.0. The lowest BCUT2D eigenvalue weighted by Crippen LogP contribution is -2.53. The number of ether oxygens (including phenoxy) is 1. The summed E-state index contributed by atoms with van der Waals surface area (Å²) in [6, 6.07) is 7.92. The van der Waals surface area contributed by atoms with Gasteiger partial charge in [0.1, 0.15) is 12.2 Å². The fourth-order valence-corrected chi connectivity index (χ4v) is 5.19. The van der Waals surface area contributed by atoms with Gasteiger partial charge in [0.25, 0.3) is 0 Å². The second-order valence-corrected chi connectivity index (χ2v) is 9.80. The maximum absolute atomic E-state index is 12.8. The Morgan fingerprint density at radius 3 is 2.53 bits per heavy atom. The Kier molecular flexibility index (Phi) is 7.58. The molecule has 2 aliphatic heterocycles. The molecule has 196 valence electrons. The first kappa shape index (κ1) is 26.4. The highest BCUT2D eigenvalue weighted by atomic mass is 35.5. The van der Waals surface area contributed by atoms with Crippen LogP contribution in [0.2, 0.25) is 5.02 Å². The Bertz CT molecular complexity index is 1240. The number of halogens is 4. The van der Waals surface area contributed by atoms with Crippen molar-refractivity contribution in [2.24, 2.45) is 0 Å². The van der Waals surface area contributed by atoms with E-state index < -0.39 is 28.9 Å². The number of hydrogen-bond donors (Lipinski definition) is 1. The highest BCUT2D eigenvalue weighted by molar-refractivity contribution is 6.30. The van der Waals surface area contributed by atoms with Gasteiger partial charge in [-0.25, -0.2) is 9.48 Å². The SMILES string of the molecule is O=C(O)C(F)(F)F.O=c1c(=O)n2c(nn1C1CCCC1)COC1(CCN(Cc3cccc(Cl)c3)C1)C2. The predicted octanol–water partition coefficient (Wildman–Crippen LogP) is 2.98. The van der Waals surface area contributed by atoms with Gasteiger partial charge in [0.15, 0.2) is 5.82 Å². The molecule has 1 aromatic heterocycles. The minimum Gasteiger partial charge on any atom is -0.475 e. The predicted molar refractivity (Wildman–Crippen MR) is 123 cm³/mol. The Balaban J connectivity index is 0.000000384. The second-order valence-electron chi connectivity index (χ2n) is 9.36. The molecule has 0 radical (unpaired) electrons. The fourth-order valence-electron chi connectivity index (χ4n) is 4.97. The Morgan fingerprint density at radius 2 is 1.89 bits per heavy atom. The lowest BCUT2D eigenvalue weighted by molar-refractivity contribution is -0.192. The molecule has 36 heavy (non-hydrogen) atoms. The van der Waals surface area contributed by atoms with E-state index in [4.69, 9.17) is 26.2 Å². The Hall–Kier alpha value is -2.70. The zero-order valence-corrected chi connectivity index (χ0v) is 20.1. The van der Waals surface area contributed by atoms with Gasteiger partial charge >= 0.3 is 23.3 Å². The molecular formula is C23H26ClF3N4O5. The topological polar surface area (TPSA) is 107 Å². The zero-order valence-electron chi connectivity index (χ0n) is 19.3. The molecule has 1 N–H and O–H groups in total. The molecule has 1 saturated carbocycles. The molecule has 1 atom stereocenters. The average Bonchev–Trinajstić information content (AvgIpc) is 3.47. The number of alkyl halides is 3. The molecule has 1 spiro atoms. The molecule has 1 saturated heterocycles. The quantitative estimate of drug-likeness (QED) is 0.608. The molecule has 13 heteroatoms. The second kappa shape index (κ2) is 10.3. The van der Waals surface area contributed by atoms with Gasteiger partial charge in [-0.05, 0) is 37.0 Å². The summed E-state index contributed by atoms with van der Waals surface area (Å²) in [5, 5.41) is 12.4. The van der Waals surface area contributed by atoms with Crippen LogP contribution in [0.3, 0.4) is 0 Å². The maximum Gasteiger partial charge on any atom is 0.490 e. The number of carboxylic acids is 1. The van der Waals surface area contributed by atoms with E-state index >= 15 is 0 Å². The van der Waals surface area contributed by atoms with Crippen LogP contribution in [-0.2, 0) is 29.2 Å². The van der Waals surface area contributed by atoms with Crippen molar-refractivity contribution in [2.75, 3.05) is 13.1 Å². The molecule has 1 unspecified atom stereocenters. The van der Waals surface area contributed by atoms with E-state index in [1.54, 1.807) is 4.57 Å². The minimum absolute atomic E-state index is 0.0525. The van der Waals surface area contributed by atoms with Gasteiger partial charge in [0.05, 0.1) is 12.6 Å². The number of carboxylic acid groups (broad SMARTS) is 1. The van der Waals surface area contributed by atoms with Gasteiger partial charge in [-0.15, -0.1) is 0 Å². The van der Waals surface area contributed by atoms with E-state index in [1.807, 2.05) is 18.2 Å². The number of nitrogens with zero attached hydrogens (tertiary/aromatic N) is 4. The number of fused-ring (bicyclic) bond motifs is 1. The number of aliphatic carboxylic acids is 1. The molecule has 3 heterocycles. The summed E-state index contributed by atoms with van der Waals surface area (Å²) in [6.07, 6.45) is -0.262. The van der Waals surface area contributed by atoms with Crippen molar-refractivity contribution in [3.05, 3.63) is 61.4 Å². The van der Waals surface area contributed by atoms with Gasteiger partial charge < -0.3 is 9.84 Å². The monoisotopic (exact) mass is 530 g/mol. The van der Waals surface area contributed by atoms with Crippen molar-refractivity contribution in [3.63, 3.8) is 0 Å². The summed E-state index contributed by atoms with van der Waals surface area (Å²) in [5.74, 6) is -2.19. The third kappa shape index (κ3) is 5.81. The number of benzene rings is 1. The van der Waals surface area contributed by atoms with Crippen molar-refractivity contribution in [2.45, 2.75) is 69.6 Å². The van der Waals surface area contributed by atoms with Crippen LogP contribution in [0.5, 0.6) is 0 Å². The van der Waals surface area contributed by atoms with Crippen molar-refractivity contribution in [3.8, 4) is 0 Å². The van der Waals surface area contributed by atoms with E-state index in [1.165, 1.54) is 4.68 Å². The maximum atomic E-state index is 12.8. The summed E-state index contributed by atoms with van der Waals surface area (Å²) in [5.41, 5.74) is -0.239. The van der Waals surface area contributed by atoms with Gasteiger partial charge in [0.2, 0.25) is 0 Å².